The summed E-state index contributed by atoms with van der Waals surface area (Å²) in [6.07, 6.45) is 4.86. The summed E-state index contributed by atoms with van der Waals surface area (Å²) in [5.41, 5.74) is 1.04. The van der Waals surface area contributed by atoms with Gasteiger partial charge in [-0.3, -0.25) is 9.67 Å². The molecule has 2 rings (SSSR count). The van der Waals surface area contributed by atoms with Gasteiger partial charge in [-0.2, -0.15) is 5.10 Å². The SMILES string of the molecule is CCNC(=NCCNS(C)(=O)=O)N1CCOC(c2cnn(C)c2)C1. The zero-order valence-corrected chi connectivity index (χ0v) is 15.2. The number of rotatable bonds is 6. The molecule has 9 nitrogen and oxygen atoms in total. The number of hydrogen-bond donors (Lipinski definition) is 2. The van der Waals surface area contributed by atoms with Gasteiger partial charge in [0.05, 0.1) is 32.1 Å². The normalized spacial score (nSPS) is 19.5. The molecule has 1 aromatic heterocycles. The van der Waals surface area contributed by atoms with E-state index in [-0.39, 0.29) is 12.6 Å². The zero-order valence-electron chi connectivity index (χ0n) is 14.4. The average Bonchev–Trinajstić information content (AvgIpc) is 2.96. The summed E-state index contributed by atoms with van der Waals surface area (Å²) in [6.45, 7) is 5.43. The third-order valence-corrected chi connectivity index (χ3v) is 4.26. The number of sulfonamides is 1. The summed E-state index contributed by atoms with van der Waals surface area (Å²) >= 11 is 0. The van der Waals surface area contributed by atoms with Crippen molar-refractivity contribution >= 4 is 16.0 Å². The van der Waals surface area contributed by atoms with Gasteiger partial charge in [0.1, 0.15) is 6.10 Å². The summed E-state index contributed by atoms with van der Waals surface area (Å²) < 4.78 is 32.2. The Hall–Kier alpha value is -1.65. The smallest absolute Gasteiger partial charge is 0.208 e. The van der Waals surface area contributed by atoms with Gasteiger partial charge in [-0.05, 0) is 6.92 Å². The molecule has 0 amide bonds. The van der Waals surface area contributed by atoms with Gasteiger partial charge in [0.25, 0.3) is 0 Å². The van der Waals surface area contributed by atoms with E-state index in [0.29, 0.717) is 19.7 Å². The summed E-state index contributed by atoms with van der Waals surface area (Å²) in [7, 11) is -1.30. The van der Waals surface area contributed by atoms with E-state index in [0.717, 1.165) is 30.9 Å². The highest BCUT2D eigenvalue weighted by molar-refractivity contribution is 7.88. The molecule has 0 radical (unpaired) electrons. The quantitative estimate of drug-likeness (QED) is 0.397. The Balaban J connectivity index is 1.98. The van der Waals surface area contributed by atoms with Crippen molar-refractivity contribution in [3.8, 4) is 0 Å². The van der Waals surface area contributed by atoms with Crippen molar-refractivity contribution < 1.29 is 13.2 Å². The van der Waals surface area contributed by atoms with Gasteiger partial charge >= 0.3 is 0 Å². The number of hydrogen-bond acceptors (Lipinski definition) is 5. The number of morpholine rings is 1. The molecule has 0 spiro atoms. The standard InChI is InChI=1S/C14H26N6O3S/c1-4-15-14(16-5-6-18-24(3,21)22)20-7-8-23-13(11-20)12-9-17-19(2)10-12/h9-10,13,18H,4-8,11H2,1-3H3,(H,15,16). The highest BCUT2D eigenvalue weighted by Gasteiger charge is 2.25. The van der Waals surface area contributed by atoms with Crippen LogP contribution in [0.3, 0.4) is 0 Å². The highest BCUT2D eigenvalue weighted by atomic mass is 32.2. The van der Waals surface area contributed by atoms with E-state index in [2.05, 4.69) is 25.0 Å². The van der Waals surface area contributed by atoms with Gasteiger partial charge in [0, 0.05) is 38.4 Å². The molecule has 0 saturated carbocycles. The van der Waals surface area contributed by atoms with E-state index in [1.165, 1.54) is 0 Å². The number of ether oxygens (including phenoxy) is 1. The Labute approximate surface area is 143 Å². The van der Waals surface area contributed by atoms with E-state index >= 15 is 0 Å². The second-order valence-electron chi connectivity index (χ2n) is 5.65. The van der Waals surface area contributed by atoms with Crippen LogP contribution in [0.15, 0.2) is 17.4 Å². The highest BCUT2D eigenvalue weighted by Crippen LogP contribution is 2.21. The molecule has 1 fully saturated rings. The largest absolute Gasteiger partial charge is 0.370 e. The van der Waals surface area contributed by atoms with Crippen molar-refractivity contribution in [2.75, 3.05) is 45.6 Å². The number of nitrogens with zero attached hydrogens (tertiary/aromatic N) is 4. The van der Waals surface area contributed by atoms with Gasteiger partial charge in [-0.15, -0.1) is 0 Å². The molecule has 1 aliphatic rings. The molecule has 1 unspecified atom stereocenters. The maximum absolute atomic E-state index is 11.1. The Bertz CT molecular complexity index is 657. The topological polar surface area (TPSA) is 101 Å². The Morgan fingerprint density at radius 2 is 2.33 bits per heavy atom. The van der Waals surface area contributed by atoms with E-state index in [1.807, 2.05) is 26.4 Å². The number of nitrogens with one attached hydrogen (secondary N) is 2. The molecule has 1 aliphatic heterocycles. The molecule has 1 aromatic rings. The Morgan fingerprint density at radius 3 is 2.96 bits per heavy atom. The lowest BCUT2D eigenvalue weighted by atomic mass is 10.1. The number of aromatic nitrogens is 2. The molecule has 0 aliphatic carbocycles. The third kappa shape index (κ3) is 5.77. The molecule has 2 N–H and O–H groups in total. The van der Waals surface area contributed by atoms with Gasteiger partial charge in [0.2, 0.25) is 10.0 Å². The van der Waals surface area contributed by atoms with Crippen LogP contribution >= 0.6 is 0 Å². The molecular weight excluding hydrogens is 332 g/mol. The lowest BCUT2D eigenvalue weighted by Crippen LogP contribution is -2.48. The number of guanidine groups is 1. The van der Waals surface area contributed by atoms with Crippen LogP contribution in [0.2, 0.25) is 0 Å². The fraction of sp³-hybridized carbons (Fsp3) is 0.714. The summed E-state index contributed by atoms with van der Waals surface area (Å²) in [6, 6.07) is 0. The van der Waals surface area contributed by atoms with Gasteiger partial charge in [0.15, 0.2) is 5.96 Å². The monoisotopic (exact) mass is 358 g/mol. The van der Waals surface area contributed by atoms with Crippen molar-refractivity contribution in [2.45, 2.75) is 13.0 Å². The molecule has 2 heterocycles. The molecule has 10 heteroatoms. The van der Waals surface area contributed by atoms with Crippen LogP contribution in [0.5, 0.6) is 0 Å². The van der Waals surface area contributed by atoms with E-state index in [4.69, 9.17) is 4.74 Å². The minimum atomic E-state index is -3.18. The lowest BCUT2D eigenvalue weighted by Gasteiger charge is -2.34. The molecule has 136 valence electrons. The molecule has 24 heavy (non-hydrogen) atoms. The maximum atomic E-state index is 11.1. The maximum Gasteiger partial charge on any atom is 0.208 e. The van der Waals surface area contributed by atoms with Crippen LogP contribution in [0.4, 0.5) is 0 Å². The molecule has 0 bridgehead atoms. The minimum Gasteiger partial charge on any atom is -0.370 e. The van der Waals surface area contributed by atoms with E-state index in [9.17, 15) is 8.42 Å². The lowest BCUT2D eigenvalue weighted by molar-refractivity contribution is -0.00803. The Morgan fingerprint density at radius 1 is 1.54 bits per heavy atom. The van der Waals surface area contributed by atoms with Crippen LogP contribution in [0.1, 0.15) is 18.6 Å². The van der Waals surface area contributed by atoms with Crippen LogP contribution < -0.4 is 10.0 Å². The van der Waals surface area contributed by atoms with E-state index in [1.54, 1.807) is 4.68 Å². The van der Waals surface area contributed by atoms with Crippen molar-refractivity contribution in [2.24, 2.45) is 12.0 Å². The zero-order chi connectivity index (χ0) is 17.6. The average molecular weight is 358 g/mol. The molecule has 0 aromatic carbocycles. The van der Waals surface area contributed by atoms with Crippen LogP contribution in [0.25, 0.3) is 0 Å². The second kappa shape index (κ2) is 8.45. The summed E-state index contributed by atoms with van der Waals surface area (Å²) in [4.78, 5) is 6.63. The van der Waals surface area contributed by atoms with Crippen LogP contribution in [-0.4, -0.2) is 74.6 Å². The number of aliphatic imine (C=N–C) groups is 1. The van der Waals surface area contributed by atoms with E-state index < -0.39 is 10.0 Å². The van der Waals surface area contributed by atoms with Crippen LogP contribution in [-0.2, 0) is 21.8 Å². The predicted molar refractivity (Wildman–Crippen MR) is 92.3 cm³/mol. The first-order valence-electron chi connectivity index (χ1n) is 7.97. The fourth-order valence-corrected chi connectivity index (χ4v) is 2.93. The Kier molecular flexibility index (Phi) is 6.58. The van der Waals surface area contributed by atoms with Crippen LogP contribution in [0, 0.1) is 0 Å². The van der Waals surface area contributed by atoms with Crippen molar-refractivity contribution in [1.29, 1.82) is 0 Å². The first-order valence-corrected chi connectivity index (χ1v) is 9.86. The van der Waals surface area contributed by atoms with Crippen molar-refractivity contribution in [3.05, 3.63) is 18.0 Å². The molecule has 1 saturated heterocycles. The third-order valence-electron chi connectivity index (χ3n) is 3.54. The summed E-state index contributed by atoms with van der Waals surface area (Å²) in [5, 5.41) is 7.44. The minimum absolute atomic E-state index is 0.0505. The van der Waals surface area contributed by atoms with Crippen molar-refractivity contribution in [1.82, 2.24) is 24.7 Å². The fourth-order valence-electron chi connectivity index (χ4n) is 2.47. The van der Waals surface area contributed by atoms with Crippen molar-refractivity contribution in [3.63, 3.8) is 0 Å². The second-order valence-corrected chi connectivity index (χ2v) is 7.49. The first-order chi connectivity index (χ1) is 11.4. The predicted octanol–water partition coefficient (Wildman–Crippen LogP) is -0.692. The summed E-state index contributed by atoms with van der Waals surface area (Å²) in [5.74, 6) is 0.769. The van der Waals surface area contributed by atoms with Gasteiger partial charge in [-0.1, -0.05) is 0 Å². The van der Waals surface area contributed by atoms with Gasteiger partial charge < -0.3 is 15.0 Å². The van der Waals surface area contributed by atoms with Gasteiger partial charge in [-0.25, -0.2) is 13.1 Å². The molecule has 1 atom stereocenters. The first kappa shape index (κ1) is 18.7. The number of aryl methyl sites for hydroxylation is 1. The molecular formula is C14H26N6O3S.